The van der Waals surface area contributed by atoms with Crippen molar-refractivity contribution in [2.24, 2.45) is 0 Å². The minimum absolute atomic E-state index is 0.0105. The lowest BCUT2D eigenvalue weighted by molar-refractivity contribution is -0.131. The van der Waals surface area contributed by atoms with Crippen molar-refractivity contribution in [2.45, 2.75) is 32.2 Å². The minimum Gasteiger partial charge on any atom is -0.385 e. The number of nitrogens with zero attached hydrogens (tertiary/aromatic N) is 1. The zero-order valence-electron chi connectivity index (χ0n) is 11.9. The Hall–Kier alpha value is -1.06. The molecule has 0 saturated heterocycles. The molecule has 0 aliphatic carbocycles. The predicted molar refractivity (Wildman–Crippen MR) is 78.4 cm³/mol. The Labute approximate surface area is 120 Å². The number of carbonyl (C=O) groups excluding carboxylic acids is 1. The Balaban J connectivity index is 2.54. The average molecular weight is 284 g/mol. The molecule has 1 rings (SSSR count). The molecule has 0 aromatic heterocycles. The van der Waals surface area contributed by atoms with E-state index in [4.69, 9.17) is 16.3 Å². The second-order valence-corrected chi connectivity index (χ2v) is 5.06. The van der Waals surface area contributed by atoms with Crippen molar-refractivity contribution in [3.8, 4) is 0 Å². The highest BCUT2D eigenvalue weighted by Gasteiger charge is 2.18. The van der Waals surface area contributed by atoms with Crippen molar-refractivity contribution in [1.29, 1.82) is 0 Å². The lowest BCUT2D eigenvalue weighted by Crippen LogP contribution is -2.29. The topological polar surface area (TPSA) is 29.5 Å². The van der Waals surface area contributed by atoms with E-state index in [-0.39, 0.29) is 11.9 Å². The largest absolute Gasteiger partial charge is 0.385 e. The number of hydrogen-bond donors (Lipinski definition) is 0. The summed E-state index contributed by atoms with van der Waals surface area (Å²) >= 11 is 6.16. The molecule has 3 nitrogen and oxygen atoms in total. The Kier molecular flexibility index (Phi) is 6.89. The van der Waals surface area contributed by atoms with Crippen LogP contribution in [-0.4, -0.2) is 31.6 Å². The molecule has 0 heterocycles. The van der Waals surface area contributed by atoms with Gasteiger partial charge in [-0.15, -0.1) is 0 Å². The summed E-state index contributed by atoms with van der Waals surface area (Å²) in [6, 6.07) is 7.63. The van der Waals surface area contributed by atoms with E-state index in [1.54, 1.807) is 12.0 Å². The highest BCUT2D eigenvalue weighted by molar-refractivity contribution is 6.31. The molecular weight excluding hydrogens is 262 g/mol. The van der Waals surface area contributed by atoms with Crippen LogP contribution in [0.4, 0.5) is 0 Å². The van der Waals surface area contributed by atoms with Crippen molar-refractivity contribution in [1.82, 2.24) is 4.90 Å². The van der Waals surface area contributed by atoms with E-state index < -0.39 is 0 Å². The molecular formula is C15H22ClNO2. The third kappa shape index (κ3) is 4.84. The fourth-order valence-electron chi connectivity index (χ4n) is 1.94. The van der Waals surface area contributed by atoms with Gasteiger partial charge in [-0.05, 0) is 31.4 Å². The number of unbranched alkanes of at least 4 members (excludes halogenated alkanes) is 1. The Morgan fingerprint density at radius 2 is 2.05 bits per heavy atom. The van der Waals surface area contributed by atoms with Gasteiger partial charge in [-0.2, -0.15) is 0 Å². The average Bonchev–Trinajstić information content (AvgIpc) is 2.42. The quantitative estimate of drug-likeness (QED) is 0.715. The van der Waals surface area contributed by atoms with Gasteiger partial charge in [0.1, 0.15) is 0 Å². The number of carbonyl (C=O) groups is 1. The first-order valence-electron chi connectivity index (χ1n) is 6.57. The number of hydrogen-bond acceptors (Lipinski definition) is 2. The summed E-state index contributed by atoms with van der Waals surface area (Å²) in [5, 5.41) is 0.703. The molecule has 0 spiro atoms. The second-order valence-electron chi connectivity index (χ2n) is 4.65. The SMILES string of the molecule is COCCCCC(=O)N(C)C(C)c1ccccc1Cl. The van der Waals surface area contributed by atoms with Crippen LogP contribution in [0, 0.1) is 0 Å². The fourth-order valence-corrected chi connectivity index (χ4v) is 2.23. The van der Waals surface area contributed by atoms with Crippen LogP contribution in [-0.2, 0) is 9.53 Å². The second kappa shape index (κ2) is 8.18. The molecule has 0 bridgehead atoms. The van der Waals surface area contributed by atoms with E-state index in [1.807, 2.05) is 38.2 Å². The summed E-state index contributed by atoms with van der Waals surface area (Å²) in [7, 11) is 3.50. The summed E-state index contributed by atoms with van der Waals surface area (Å²) in [5.41, 5.74) is 0.983. The van der Waals surface area contributed by atoms with Gasteiger partial charge in [0.05, 0.1) is 6.04 Å². The first-order valence-corrected chi connectivity index (χ1v) is 6.94. The molecule has 1 aromatic carbocycles. The lowest BCUT2D eigenvalue weighted by atomic mass is 10.1. The van der Waals surface area contributed by atoms with E-state index in [1.165, 1.54) is 0 Å². The first-order chi connectivity index (χ1) is 9.07. The van der Waals surface area contributed by atoms with E-state index in [9.17, 15) is 4.79 Å². The minimum atomic E-state index is -0.0105. The van der Waals surface area contributed by atoms with E-state index in [2.05, 4.69) is 0 Å². The van der Waals surface area contributed by atoms with E-state index in [0.717, 1.165) is 18.4 Å². The van der Waals surface area contributed by atoms with Gasteiger partial charge < -0.3 is 9.64 Å². The zero-order valence-corrected chi connectivity index (χ0v) is 12.6. The molecule has 1 unspecified atom stereocenters. The molecule has 1 atom stereocenters. The van der Waals surface area contributed by atoms with Crippen LogP contribution in [0.25, 0.3) is 0 Å². The Morgan fingerprint density at radius 1 is 1.37 bits per heavy atom. The summed E-state index contributed by atoms with van der Waals surface area (Å²) in [6.07, 6.45) is 2.32. The van der Waals surface area contributed by atoms with Gasteiger partial charge in [-0.25, -0.2) is 0 Å². The lowest BCUT2D eigenvalue weighted by Gasteiger charge is -2.26. The molecule has 0 fully saturated rings. The maximum Gasteiger partial charge on any atom is 0.222 e. The number of amides is 1. The van der Waals surface area contributed by atoms with Crippen LogP contribution >= 0.6 is 11.6 Å². The van der Waals surface area contributed by atoms with Crippen molar-refractivity contribution in [3.05, 3.63) is 34.9 Å². The maximum atomic E-state index is 12.1. The Bertz CT molecular complexity index is 409. The van der Waals surface area contributed by atoms with Crippen LogP contribution in [0.1, 0.15) is 37.8 Å². The number of methoxy groups -OCH3 is 1. The zero-order chi connectivity index (χ0) is 14.3. The molecule has 0 N–H and O–H groups in total. The van der Waals surface area contributed by atoms with Crippen molar-refractivity contribution < 1.29 is 9.53 Å². The van der Waals surface area contributed by atoms with Crippen LogP contribution in [0.5, 0.6) is 0 Å². The van der Waals surface area contributed by atoms with Crippen LogP contribution in [0.3, 0.4) is 0 Å². The van der Waals surface area contributed by atoms with E-state index >= 15 is 0 Å². The highest BCUT2D eigenvalue weighted by atomic mass is 35.5. The van der Waals surface area contributed by atoms with E-state index in [0.29, 0.717) is 18.1 Å². The third-order valence-electron chi connectivity index (χ3n) is 3.32. The molecule has 0 radical (unpaired) electrons. The van der Waals surface area contributed by atoms with Crippen LogP contribution < -0.4 is 0 Å². The molecule has 0 saturated carbocycles. The van der Waals surface area contributed by atoms with Crippen LogP contribution in [0.15, 0.2) is 24.3 Å². The molecule has 0 aliphatic rings. The molecule has 0 aliphatic heterocycles. The monoisotopic (exact) mass is 283 g/mol. The smallest absolute Gasteiger partial charge is 0.222 e. The van der Waals surface area contributed by atoms with Gasteiger partial charge in [0.15, 0.2) is 0 Å². The normalized spacial score (nSPS) is 12.2. The molecule has 19 heavy (non-hydrogen) atoms. The summed E-state index contributed by atoms with van der Waals surface area (Å²) < 4.78 is 4.97. The van der Waals surface area contributed by atoms with Gasteiger partial charge in [0.25, 0.3) is 0 Å². The molecule has 1 aromatic rings. The summed E-state index contributed by atoms with van der Waals surface area (Å²) in [5.74, 6) is 0.142. The Morgan fingerprint density at radius 3 is 2.68 bits per heavy atom. The number of halogens is 1. The van der Waals surface area contributed by atoms with Crippen molar-refractivity contribution in [3.63, 3.8) is 0 Å². The molecule has 106 valence electrons. The third-order valence-corrected chi connectivity index (χ3v) is 3.66. The number of benzene rings is 1. The summed E-state index contributed by atoms with van der Waals surface area (Å²) in [6.45, 7) is 2.70. The van der Waals surface area contributed by atoms with Gasteiger partial charge in [-0.3, -0.25) is 4.79 Å². The highest BCUT2D eigenvalue weighted by Crippen LogP contribution is 2.26. The van der Waals surface area contributed by atoms with Gasteiger partial charge in [-0.1, -0.05) is 29.8 Å². The fraction of sp³-hybridized carbons (Fsp3) is 0.533. The van der Waals surface area contributed by atoms with Gasteiger partial charge in [0, 0.05) is 32.2 Å². The first kappa shape index (κ1) is 16.0. The number of rotatable bonds is 7. The summed E-state index contributed by atoms with van der Waals surface area (Å²) in [4.78, 5) is 13.8. The molecule has 1 amide bonds. The van der Waals surface area contributed by atoms with Crippen molar-refractivity contribution in [2.75, 3.05) is 20.8 Å². The number of ether oxygens (including phenoxy) is 1. The maximum absolute atomic E-state index is 12.1. The van der Waals surface area contributed by atoms with Crippen LogP contribution in [0.2, 0.25) is 5.02 Å². The van der Waals surface area contributed by atoms with Gasteiger partial charge >= 0.3 is 0 Å². The standard InChI is InChI=1S/C15H22ClNO2/c1-12(13-8-4-5-9-14(13)16)17(2)15(18)10-6-7-11-19-3/h4-5,8-9,12H,6-7,10-11H2,1-3H3. The van der Waals surface area contributed by atoms with Crippen molar-refractivity contribution >= 4 is 17.5 Å². The van der Waals surface area contributed by atoms with Gasteiger partial charge in [0.2, 0.25) is 5.91 Å². The predicted octanol–water partition coefficient (Wildman–Crippen LogP) is 3.68. The molecule has 4 heteroatoms.